The summed E-state index contributed by atoms with van der Waals surface area (Å²) in [6.07, 6.45) is 13.4. The Bertz CT molecular complexity index is 1670. The van der Waals surface area contributed by atoms with Gasteiger partial charge >= 0.3 is 0 Å². The van der Waals surface area contributed by atoms with Gasteiger partial charge in [0, 0.05) is 12.3 Å². The number of aromatic hydroxyl groups is 1. The van der Waals surface area contributed by atoms with Crippen molar-refractivity contribution in [2.45, 2.75) is 94.3 Å². The number of benzene rings is 3. The van der Waals surface area contributed by atoms with Gasteiger partial charge in [-0.2, -0.15) is 21.9 Å². The molecule has 234 valence electrons. The van der Waals surface area contributed by atoms with Crippen LogP contribution in [0, 0.1) is 0 Å². The smallest absolute Gasteiger partial charge is 0.296 e. The van der Waals surface area contributed by atoms with Crippen LogP contribution in [0.4, 0.5) is 17.1 Å². The first-order chi connectivity index (χ1) is 20.3. The number of phenols is 1. The van der Waals surface area contributed by atoms with E-state index in [1.54, 1.807) is 12.1 Å². The Morgan fingerprint density at radius 3 is 1.91 bits per heavy atom. The predicted octanol–water partition coefficient (Wildman–Crippen LogP) is 7.88. The highest BCUT2D eigenvalue weighted by molar-refractivity contribution is 7.86. The van der Waals surface area contributed by atoms with E-state index in [-0.39, 0.29) is 16.5 Å². The second-order valence-corrected chi connectivity index (χ2v) is 13.4. The molecule has 0 aliphatic heterocycles. The molecular weight excluding hydrogens is 594 g/mol. The second-order valence-electron chi connectivity index (χ2n) is 10.6. The number of hydrogen-bond acceptors (Lipinski definition) is 8. The van der Waals surface area contributed by atoms with Crippen molar-refractivity contribution in [3.63, 3.8) is 0 Å². The summed E-state index contributed by atoms with van der Waals surface area (Å²) in [6, 6.07) is 9.83. The van der Waals surface area contributed by atoms with Crippen molar-refractivity contribution in [3.05, 3.63) is 48.0 Å². The summed E-state index contributed by atoms with van der Waals surface area (Å²) < 4.78 is 67.3. The Balaban J connectivity index is 1.79. The molecule has 0 saturated heterocycles. The maximum atomic E-state index is 12.2. The van der Waals surface area contributed by atoms with Gasteiger partial charge < -0.3 is 10.4 Å². The van der Waals surface area contributed by atoms with Crippen molar-refractivity contribution in [3.8, 4) is 5.75 Å². The summed E-state index contributed by atoms with van der Waals surface area (Å²) in [5.74, 6) is -1.41. The van der Waals surface area contributed by atoms with Gasteiger partial charge in [-0.05, 0) is 54.1 Å². The number of hydrogen-bond donors (Lipinski definition) is 4. The molecule has 3 aromatic rings. The maximum Gasteiger partial charge on any atom is 0.296 e. The summed E-state index contributed by atoms with van der Waals surface area (Å²) in [5.41, 5.74) is 0.622. The lowest BCUT2D eigenvalue weighted by atomic mass is 10.0. The minimum Gasteiger partial charge on any atom is -0.505 e. The number of nitrogens with zero attached hydrogens (tertiary/aromatic N) is 2. The average Bonchev–Trinajstić information content (AvgIpc) is 2.92. The molecule has 4 N–H and O–H groups in total. The normalized spacial score (nSPS) is 12.3. The van der Waals surface area contributed by atoms with Crippen LogP contribution < -0.4 is 5.32 Å². The van der Waals surface area contributed by atoms with Crippen molar-refractivity contribution in [2.75, 3.05) is 5.32 Å². The molecule has 3 aromatic carbocycles. The molecule has 3 rings (SSSR count). The van der Waals surface area contributed by atoms with Gasteiger partial charge in [0.05, 0.1) is 16.3 Å². The minimum absolute atomic E-state index is 0.171. The summed E-state index contributed by atoms with van der Waals surface area (Å²) >= 11 is 0. The standard InChI is InChI=1S/C30H39N3O8S2/c1-3-4-5-6-7-8-9-10-11-12-13-22-14-16-24(17-15-22)32-33-29-27(43(39,40)41)19-23-18-25(42(36,37)38)20-26(31-21(2)34)28(23)30(29)35/h14-20,35H,3-13H2,1-2H3,(H,31,34)(H,36,37,38)(H,39,40,41)/b33-32+. The summed E-state index contributed by atoms with van der Waals surface area (Å²) in [4.78, 5) is 10.2. The van der Waals surface area contributed by atoms with Crippen LogP contribution in [0.25, 0.3) is 10.8 Å². The molecule has 0 heterocycles. The molecule has 0 aliphatic carbocycles. The molecule has 0 unspecified atom stereocenters. The van der Waals surface area contributed by atoms with Crippen LogP contribution in [0.3, 0.4) is 0 Å². The van der Waals surface area contributed by atoms with Crippen molar-refractivity contribution in [2.24, 2.45) is 10.2 Å². The molecular formula is C30H39N3O8S2. The fourth-order valence-corrected chi connectivity index (χ4v) is 6.04. The number of amides is 1. The van der Waals surface area contributed by atoms with E-state index in [4.69, 9.17) is 0 Å². The third-order valence-electron chi connectivity index (χ3n) is 7.03. The fourth-order valence-electron chi connectivity index (χ4n) is 4.84. The largest absolute Gasteiger partial charge is 0.505 e. The number of aryl methyl sites for hydroxylation is 1. The number of nitrogens with one attached hydrogen (secondary N) is 1. The van der Waals surface area contributed by atoms with Crippen LogP contribution in [0.15, 0.2) is 62.5 Å². The van der Waals surface area contributed by atoms with Gasteiger partial charge in [0.1, 0.15) is 10.6 Å². The van der Waals surface area contributed by atoms with Crippen molar-refractivity contribution < 1.29 is 35.8 Å². The molecule has 0 radical (unpaired) electrons. The van der Waals surface area contributed by atoms with E-state index in [1.165, 1.54) is 51.4 Å². The van der Waals surface area contributed by atoms with E-state index in [9.17, 15) is 35.8 Å². The molecule has 43 heavy (non-hydrogen) atoms. The van der Waals surface area contributed by atoms with Crippen molar-refractivity contribution in [1.29, 1.82) is 0 Å². The van der Waals surface area contributed by atoms with Crippen LogP contribution in [-0.2, 0) is 31.5 Å². The number of unbranched alkanes of at least 4 members (excludes halogenated alkanes) is 9. The predicted molar refractivity (Wildman–Crippen MR) is 166 cm³/mol. The zero-order valence-electron chi connectivity index (χ0n) is 24.4. The van der Waals surface area contributed by atoms with Crippen LogP contribution in [-0.4, -0.2) is 37.0 Å². The summed E-state index contributed by atoms with van der Waals surface area (Å²) in [6.45, 7) is 3.36. The Hall–Kier alpha value is -3.39. The molecule has 0 atom stereocenters. The number of phenolic OH excluding ortho intramolecular Hbond substituents is 1. The summed E-state index contributed by atoms with van der Waals surface area (Å²) in [5, 5.41) is 20.9. The topological polar surface area (TPSA) is 183 Å². The number of azo groups is 1. The quantitative estimate of drug-likeness (QED) is 0.0697. The molecule has 0 saturated carbocycles. The molecule has 11 nitrogen and oxygen atoms in total. The fraction of sp³-hybridized carbons (Fsp3) is 0.433. The lowest BCUT2D eigenvalue weighted by molar-refractivity contribution is -0.114. The Kier molecular flexibility index (Phi) is 12.2. The SMILES string of the molecule is CCCCCCCCCCCCc1ccc(/N=N/c2c(S(=O)(=O)O)cc3cc(S(=O)(=O)O)cc(NC(C)=O)c3c2O)cc1. The second kappa shape index (κ2) is 15.4. The van der Waals surface area contributed by atoms with Crippen LogP contribution in [0.1, 0.15) is 83.6 Å². The van der Waals surface area contributed by atoms with Crippen molar-refractivity contribution in [1.82, 2.24) is 0 Å². The molecule has 0 aliphatic rings. The molecule has 0 spiro atoms. The third-order valence-corrected chi connectivity index (χ3v) is 8.73. The lowest BCUT2D eigenvalue weighted by Crippen LogP contribution is -2.08. The van der Waals surface area contributed by atoms with E-state index in [2.05, 4.69) is 22.5 Å². The monoisotopic (exact) mass is 633 g/mol. The van der Waals surface area contributed by atoms with Crippen LogP contribution in [0.5, 0.6) is 5.75 Å². The third kappa shape index (κ3) is 10.1. The van der Waals surface area contributed by atoms with Crippen LogP contribution in [0.2, 0.25) is 0 Å². The highest BCUT2D eigenvalue weighted by Crippen LogP contribution is 2.45. The number of rotatable bonds is 16. The van der Waals surface area contributed by atoms with Gasteiger partial charge in [0.15, 0.2) is 5.75 Å². The highest BCUT2D eigenvalue weighted by atomic mass is 32.2. The van der Waals surface area contributed by atoms with Crippen molar-refractivity contribution >= 4 is 54.0 Å². The van der Waals surface area contributed by atoms with E-state index in [0.29, 0.717) is 5.69 Å². The van der Waals surface area contributed by atoms with E-state index >= 15 is 0 Å². The summed E-state index contributed by atoms with van der Waals surface area (Å²) in [7, 11) is -9.76. The molecule has 0 fully saturated rings. The van der Waals surface area contributed by atoms with Gasteiger partial charge in [0.2, 0.25) is 5.91 Å². The first-order valence-electron chi connectivity index (χ1n) is 14.4. The number of anilines is 1. The molecule has 0 aromatic heterocycles. The molecule has 13 heteroatoms. The van der Waals surface area contributed by atoms with Gasteiger partial charge in [-0.3, -0.25) is 13.9 Å². The highest BCUT2D eigenvalue weighted by Gasteiger charge is 2.25. The van der Waals surface area contributed by atoms with Crippen LogP contribution >= 0.6 is 0 Å². The van der Waals surface area contributed by atoms with Gasteiger partial charge in [-0.25, -0.2) is 0 Å². The van der Waals surface area contributed by atoms with Gasteiger partial charge in [-0.15, -0.1) is 5.11 Å². The van der Waals surface area contributed by atoms with E-state index < -0.39 is 47.4 Å². The van der Waals surface area contributed by atoms with Gasteiger partial charge in [-0.1, -0.05) is 76.8 Å². The van der Waals surface area contributed by atoms with E-state index in [1.807, 2.05) is 12.1 Å². The number of carbonyl (C=O) groups excluding carboxylic acids is 1. The lowest BCUT2D eigenvalue weighted by Gasteiger charge is -2.14. The number of carbonyl (C=O) groups is 1. The average molecular weight is 634 g/mol. The first kappa shape index (κ1) is 34.1. The molecule has 1 amide bonds. The zero-order chi connectivity index (χ0) is 31.6. The maximum absolute atomic E-state index is 12.2. The van der Waals surface area contributed by atoms with E-state index in [0.717, 1.165) is 49.9 Å². The zero-order valence-corrected chi connectivity index (χ0v) is 26.0. The molecule has 0 bridgehead atoms. The Morgan fingerprint density at radius 1 is 0.791 bits per heavy atom. The first-order valence-corrected chi connectivity index (χ1v) is 17.3. The van der Waals surface area contributed by atoms with Gasteiger partial charge in [0.25, 0.3) is 20.2 Å². The minimum atomic E-state index is -4.98. The number of fused-ring (bicyclic) bond motifs is 1. The Labute approximate surface area is 252 Å². The Morgan fingerprint density at radius 2 is 1.37 bits per heavy atom.